The van der Waals surface area contributed by atoms with Crippen LogP contribution in [0.5, 0.6) is 0 Å². The Morgan fingerprint density at radius 1 is 1.05 bits per heavy atom. The molecule has 2 N–H and O–H groups in total. The number of rotatable bonds is 3. The van der Waals surface area contributed by atoms with Crippen LogP contribution in [0, 0.1) is 0 Å². The van der Waals surface area contributed by atoms with Crippen molar-refractivity contribution >= 4 is 34.1 Å². The van der Waals surface area contributed by atoms with Gasteiger partial charge in [0.25, 0.3) is 0 Å². The second-order valence-electron chi connectivity index (χ2n) is 4.96. The normalized spacial score (nSPS) is 12.5. The van der Waals surface area contributed by atoms with E-state index in [1.54, 1.807) is 18.3 Å². The molecule has 1 unspecified atom stereocenters. The number of halogens is 2. The van der Waals surface area contributed by atoms with Crippen LogP contribution in [0.4, 0.5) is 0 Å². The molecule has 0 spiro atoms. The van der Waals surface area contributed by atoms with E-state index in [0.717, 1.165) is 22.0 Å². The first kappa shape index (κ1) is 14.3. The number of benzene rings is 2. The van der Waals surface area contributed by atoms with E-state index in [2.05, 4.69) is 4.98 Å². The molecule has 0 saturated carbocycles. The Bertz CT molecular complexity index is 781. The van der Waals surface area contributed by atoms with Crippen LogP contribution in [0.15, 0.2) is 54.7 Å². The van der Waals surface area contributed by atoms with Gasteiger partial charge in [0.15, 0.2) is 0 Å². The summed E-state index contributed by atoms with van der Waals surface area (Å²) in [5.74, 6) is 0. The molecular formula is C17H14Cl2N2. The monoisotopic (exact) mass is 316 g/mol. The van der Waals surface area contributed by atoms with Crippen molar-refractivity contribution in [3.05, 3.63) is 75.9 Å². The third kappa shape index (κ3) is 3.03. The van der Waals surface area contributed by atoms with Crippen LogP contribution in [0.2, 0.25) is 10.0 Å². The maximum atomic E-state index is 6.38. The van der Waals surface area contributed by atoms with E-state index in [1.807, 2.05) is 36.4 Å². The highest BCUT2D eigenvalue weighted by Gasteiger charge is 2.13. The number of para-hydroxylation sites is 1. The third-order valence-corrected chi connectivity index (χ3v) is 4.13. The quantitative estimate of drug-likeness (QED) is 0.755. The van der Waals surface area contributed by atoms with Gasteiger partial charge in [-0.2, -0.15) is 0 Å². The summed E-state index contributed by atoms with van der Waals surface area (Å²) in [7, 11) is 0. The van der Waals surface area contributed by atoms with Gasteiger partial charge in [-0.15, -0.1) is 0 Å². The first-order valence-electron chi connectivity index (χ1n) is 6.68. The average molecular weight is 317 g/mol. The van der Waals surface area contributed by atoms with E-state index in [9.17, 15) is 0 Å². The molecule has 0 aliphatic rings. The fraction of sp³-hybridized carbons (Fsp3) is 0.118. The van der Waals surface area contributed by atoms with Gasteiger partial charge in [0, 0.05) is 27.7 Å². The smallest absolute Gasteiger partial charge is 0.0705 e. The molecule has 1 aromatic heterocycles. The number of aromatic nitrogens is 1. The summed E-state index contributed by atoms with van der Waals surface area (Å²) in [6, 6.07) is 15.2. The predicted octanol–water partition coefficient (Wildman–Crippen LogP) is 4.78. The van der Waals surface area contributed by atoms with Crippen LogP contribution >= 0.6 is 23.2 Å². The fourth-order valence-electron chi connectivity index (χ4n) is 2.49. The summed E-state index contributed by atoms with van der Waals surface area (Å²) >= 11 is 12.3. The summed E-state index contributed by atoms with van der Waals surface area (Å²) in [5, 5.41) is 2.43. The highest BCUT2D eigenvalue weighted by atomic mass is 35.5. The average Bonchev–Trinajstić information content (AvgIpc) is 2.50. The molecule has 2 nitrogen and oxygen atoms in total. The SMILES string of the molecule is NC(Cc1cc(Cl)ccc1Cl)c1ccnc2ccccc12. The molecule has 0 fully saturated rings. The van der Waals surface area contributed by atoms with Crippen molar-refractivity contribution in [1.29, 1.82) is 0 Å². The van der Waals surface area contributed by atoms with Crippen LogP contribution in [-0.4, -0.2) is 4.98 Å². The van der Waals surface area contributed by atoms with Gasteiger partial charge in [-0.05, 0) is 47.9 Å². The number of hydrogen-bond acceptors (Lipinski definition) is 2. The zero-order chi connectivity index (χ0) is 14.8. The maximum Gasteiger partial charge on any atom is 0.0705 e. The van der Waals surface area contributed by atoms with Crippen molar-refractivity contribution in [3.8, 4) is 0 Å². The van der Waals surface area contributed by atoms with Gasteiger partial charge in [-0.3, -0.25) is 4.98 Å². The van der Waals surface area contributed by atoms with Gasteiger partial charge < -0.3 is 5.73 Å². The van der Waals surface area contributed by atoms with Crippen molar-refractivity contribution in [2.45, 2.75) is 12.5 Å². The molecule has 106 valence electrons. The third-order valence-electron chi connectivity index (χ3n) is 3.53. The topological polar surface area (TPSA) is 38.9 Å². The number of fused-ring (bicyclic) bond motifs is 1. The van der Waals surface area contributed by atoms with Gasteiger partial charge in [0.1, 0.15) is 0 Å². The molecule has 0 bridgehead atoms. The number of nitrogens with two attached hydrogens (primary N) is 1. The molecule has 2 aromatic carbocycles. The molecule has 0 aliphatic heterocycles. The molecule has 21 heavy (non-hydrogen) atoms. The van der Waals surface area contributed by atoms with Gasteiger partial charge in [0.05, 0.1) is 5.52 Å². The molecule has 1 atom stereocenters. The molecule has 0 aliphatic carbocycles. The second-order valence-corrected chi connectivity index (χ2v) is 5.81. The molecule has 0 saturated heterocycles. The molecule has 0 amide bonds. The first-order chi connectivity index (χ1) is 10.1. The lowest BCUT2D eigenvalue weighted by atomic mass is 9.97. The number of nitrogens with zero attached hydrogens (tertiary/aromatic N) is 1. The largest absolute Gasteiger partial charge is 0.324 e. The van der Waals surface area contributed by atoms with Crippen molar-refractivity contribution in [2.75, 3.05) is 0 Å². The van der Waals surface area contributed by atoms with E-state index >= 15 is 0 Å². The number of pyridine rings is 1. The standard InChI is InChI=1S/C17H14Cl2N2/c18-12-5-6-15(19)11(9-12)10-16(20)13-7-8-21-17-4-2-1-3-14(13)17/h1-9,16H,10,20H2. The highest BCUT2D eigenvalue weighted by molar-refractivity contribution is 6.33. The molecule has 4 heteroatoms. The lowest BCUT2D eigenvalue weighted by Crippen LogP contribution is -2.14. The molecule has 3 rings (SSSR count). The van der Waals surface area contributed by atoms with Crippen LogP contribution in [0.25, 0.3) is 10.9 Å². The van der Waals surface area contributed by atoms with Crippen LogP contribution in [0.1, 0.15) is 17.2 Å². The minimum absolute atomic E-state index is 0.158. The van der Waals surface area contributed by atoms with Gasteiger partial charge in [-0.1, -0.05) is 41.4 Å². The Morgan fingerprint density at radius 3 is 2.71 bits per heavy atom. The maximum absolute atomic E-state index is 6.38. The minimum atomic E-state index is -0.158. The van der Waals surface area contributed by atoms with Crippen LogP contribution in [-0.2, 0) is 6.42 Å². The van der Waals surface area contributed by atoms with Gasteiger partial charge >= 0.3 is 0 Å². The van der Waals surface area contributed by atoms with Crippen molar-refractivity contribution in [2.24, 2.45) is 5.73 Å². The summed E-state index contributed by atoms with van der Waals surface area (Å²) in [5.41, 5.74) is 9.35. The molecule has 0 radical (unpaired) electrons. The Labute approximate surface area is 133 Å². The number of hydrogen-bond donors (Lipinski definition) is 1. The lowest BCUT2D eigenvalue weighted by Gasteiger charge is -2.15. The van der Waals surface area contributed by atoms with Crippen LogP contribution in [0.3, 0.4) is 0 Å². The first-order valence-corrected chi connectivity index (χ1v) is 7.44. The van der Waals surface area contributed by atoms with Crippen molar-refractivity contribution in [1.82, 2.24) is 4.98 Å². The highest BCUT2D eigenvalue weighted by Crippen LogP contribution is 2.28. The van der Waals surface area contributed by atoms with E-state index in [1.165, 1.54) is 0 Å². The molecule has 3 aromatic rings. The fourth-order valence-corrected chi connectivity index (χ4v) is 2.88. The Kier molecular flexibility index (Phi) is 4.11. The lowest BCUT2D eigenvalue weighted by molar-refractivity contribution is 0.727. The van der Waals surface area contributed by atoms with Gasteiger partial charge in [0.2, 0.25) is 0 Å². The Hall–Kier alpha value is -1.61. The zero-order valence-electron chi connectivity index (χ0n) is 11.3. The van der Waals surface area contributed by atoms with Crippen molar-refractivity contribution in [3.63, 3.8) is 0 Å². The Balaban J connectivity index is 1.97. The Morgan fingerprint density at radius 2 is 1.86 bits per heavy atom. The summed E-state index contributed by atoms with van der Waals surface area (Å²) < 4.78 is 0. The summed E-state index contributed by atoms with van der Waals surface area (Å²) in [4.78, 5) is 4.36. The van der Waals surface area contributed by atoms with Crippen LogP contribution < -0.4 is 5.73 Å². The van der Waals surface area contributed by atoms with Gasteiger partial charge in [-0.25, -0.2) is 0 Å². The summed E-state index contributed by atoms with van der Waals surface area (Å²) in [6.45, 7) is 0. The summed E-state index contributed by atoms with van der Waals surface area (Å²) in [6.07, 6.45) is 2.42. The van der Waals surface area contributed by atoms with E-state index < -0.39 is 0 Å². The van der Waals surface area contributed by atoms with Crippen molar-refractivity contribution < 1.29 is 0 Å². The molecule has 1 heterocycles. The van der Waals surface area contributed by atoms with E-state index in [0.29, 0.717) is 16.5 Å². The minimum Gasteiger partial charge on any atom is -0.324 e. The van der Waals surface area contributed by atoms with E-state index in [-0.39, 0.29) is 6.04 Å². The second kappa shape index (κ2) is 6.02. The molecular weight excluding hydrogens is 303 g/mol. The van der Waals surface area contributed by atoms with E-state index in [4.69, 9.17) is 28.9 Å². The predicted molar refractivity (Wildman–Crippen MR) is 88.8 cm³/mol. The zero-order valence-corrected chi connectivity index (χ0v) is 12.8.